The number of carbonyl (C=O) groups is 1. The van der Waals surface area contributed by atoms with Crippen LogP contribution in [0, 0.1) is 5.92 Å². The summed E-state index contributed by atoms with van der Waals surface area (Å²) < 4.78 is 25.6. The Hall–Kier alpha value is -2.22. The van der Waals surface area contributed by atoms with Gasteiger partial charge in [0.05, 0.1) is 6.04 Å². The normalized spacial score (nSPS) is 36.5. The highest BCUT2D eigenvalue weighted by molar-refractivity contribution is 5.82. The van der Waals surface area contributed by atoms with Crippen molar-refractivity contribution in [2.75, 3.05) is 19.8 Å². The third kappa shape index (κ3) is 2.63. The van der Waals surface area contributed by atoms with Gasteiger partial charge in [0.2, 0.25) is 0 Å². The lowest BCUT2D eigenvalue weighted by atomic mass is 9.67. The minimum absolute atomic E-state index is 0.0778. The number of hydrogen-bond acceptors (Lipinski definition) is 6. The molecule has 1 saturated heterocycles. The molecule has 2 aliphatic carbocycles. The van der Waals surface area contributed by atoms with E-state index in [1.807, 2.05) is 24.8 Å². The van der Waals surface area contributed by atoms with Crippen molar-refractivity contribution in [3.63, 3.8) is 0 Å². The average molecular weight is 426 g/mol. The van der Waals surface area contributed by atoms with E-state index in [2.05, 4.69) is 5.32 Å². The molecule has 5 atom stereocenters. The lowest BCUT2D eigenvalue weighted by Crippen LogP contribution is -2.51. The standard InChI is InChI=1S/C24H27FN2O4/c1-3-30-22-14-7-19-21-15(9-27(19)23(28)16(14)10-31-24(22)29)13-6-4-5-12-11(2)17(25)8-18(26-21)20(12)13/h7-8,18,20-23,26,28H,3-6,9-10H2,1-2H3. The summed E-state index contributed by atoms with van der Waals surface area (Å²) in [5.41, 5.74) is 7.02. The largest absolute Gasteiger partial charge is 0.459 e. The molecular weight excluding hydrogens is 399 g/mol. The fourth-order valence-corrected chi connectivity index (χ4v) is 6.32. The number of carbonyl (C=O) groups excluding carboxylic acids is 1. The van der Waals surface area contributed by atoms with Gasteiger partial charge in [-0.15, -0.1) is 0 Å². The number of halogens is 1. The third-order valence-corrected chi connectivity index (χ3v) is 7.74. The minimum atomic E-state index is -0.860. The zero-order chi connectivity index (χ0) is 21.4. The number of hydrogen-bond donors (Lipinski definition) is 2. The molecule has 0 bridgehead atoms. The molecule has 0 amide bonds. The van der Waals surface area contributed by atoms with Gasteiger partial charge in [0.15, 0.2) is 12.3 Å². The summed E-state index contributed by atoms with van der Waals surface area (Å²) in [6, 6.07) is -0.183. The van der Waals surface area contributed by atoms with Gasteiger partial charge < -0.3 is 19.5 Å². The van der Waals surface area contributed by atoms with Gasteiger partial charge in [-0.3, -0.25) is 5.32 Å². The molecule has 0 aromatic carbocycles. The molecule has 0 spiro atoms. The fraction of sp³-hybridized carbons (Fsp3) is 0.542. The Morgan fingerprint density at radius 1 is 1.29 bits per heavy atom. The summed E-state index contributed by atoms with van der Waals surface area (Å²) >= 11 is 0. The SMILES string of the molecule is CCOC1C(=O)OCC2=C1C=C1C3NC4C=C(F)C(C)=C5CCCC(=C3CN1C2O)C54. The highest BCUT2D eigenvalue weighted by atomic mass is 19.1. The van der Waals surface area contributed by atoms with Crippen LogP contribution in [-0.2, 0) is 14.3 Å². The van der Waals surface area contributed by atoms with Crippen molar-refractivity contribution in [2.24, 2.45) is 5.92 Å². The van der Waals surface area contributed by atoms with E-state index in [1.165, 1.54) is 16.7 Å². The lowest BCUT2D eigenvalue weighted by Gasteiger charge is -2.44. The number of fused-ring (bicyclic) bond motifs is 3. The van der Waals surface area contributed by atoms with Gasteiger partial charge >= 0.3 is 5.97 Å². The number of nitrogens with zero attached hydrogens (tertiary/aromatic N) is 1. The van der Waals surface area contributed by atoms with E-state index in [4.69, 9.17) is 9.47 Å². The van der Waals surface area contributed by atoms with Crippen molar-refractivity contribution in [3.8, 4) is 0 Å². The predicted octanol–water partition coefficient (Wildman–Crippen LogP) is 2.40. The van der Waals surface area contributed by atoms with E-state index < -0.39 is 18.3 Å². The van der Waals surface area contributed by atoms with Crippen molar-refractivity contribution in [2.45, 2.75) is 57.5 Å². The van der Waals surface area contributed by atoms with Gasteiger partial charge in [0.25, 0.3) is 0 Å². The molecule has 4 aliphatic heterocycles. The van der Waals surface area contributed by atoms with E-state index >= 15 is 0 Å². The molecule has 31 heavy (non-hydrogen) atoms. The van der Waals surface area contributed by atoms with Gasteiger partial charge in [0.1, 0.15) is 12.4 Å². The van der Waals surface area contributed by atoms with E-state index in [0.717, 1.165) is 30.5 Å². The Bertz CT molecular complexity index is 1040. The Morgan fingerprint density at radius 2 is 2.10 bits per heavy atom. The first-order valence-electron chi connectivity index (χ1n) is 11.2. The molecule has 1 saturated carbocycles. The monoisotopic (exact) mass is 426 g/mol. The molecule has 4 heterocycles. The van der Waals surface area contributed by atoms with E-state index in [-0.39, 0.29) is 30.4 Å². The number of esters is 1. The van der Waals surface area contributed by atoms with Gasteiger partial charge in [-0.25, -0.2) is 9.18 Å². The lowest BCUT2D eigenvalue weighted by molar-refractivity contribution is -0.156. The zero-order valence-corrected chi connectivity index (χ0v) is 17.8. The van der Waals surface area contributed by atoms with Crippen LogP contribution in [0.25, 0.3) is 0 Å². The number of rotatable bonds is 2. The number of aliphatic hydroxyl groups is 1. The second-order valence-electron chi connectivity index (χ2n) is 9.17. The molecule has 0 aromatic heterocycles. The topological polar surface area (TPSA) is 71.0 Å². The van der Waals surface area contributed by atoms with E-state index in [1.54, 1.807) is 6.08 Å². The second kappa shape index (κ2) is 6.89. The van der Waals surface area contributed by atoms with Crippen molar-refractivity contribution >= 4 is 5.97 Å². The van der Waals surface area contributed by atoms with Gasteiger partial charge in [-0.05, 0) is 56.4 Å². The summed E-state index contributed by atoms with van der Waals surface area (Å²) in [5.74, 6) is -0.333. The van der Waals surface area contributed by atoms with Crippen LogP contribution in [0.5, 0.6) is 0 Å². The smallest absolute Gasteiger partial charge is 0.340 e. The van der Waals surface area contributed by atoms with Crippen LogP contribution in [0.3, 0.4) is 0 Å². The first-order chi connectivity index (χ1) is 15.0. The van der Waals surface area contributed by atoms with Gasteiger partial charge in [0, 0.05) is 42.0 Å². The number of allylic oxidation sites excluding steroid dienone is 2. The van der Waals surface area contributed by atoms with Crippen LogP contribution in [-0.4, -0.2) is 60.1 Å². The fourth-order valence-electron chi connectivity index (χ4n) is 6.32. The average Bonchev–Trinajstić information content (AvgIpc) is 3.13. The molecule has 2 N–H and O–H groups in total. The van der Waals surface area contributed by atoms with Crippen molar-refractivity contribution in [1.82, 2.24) is 10.2 Å². The number of cyclic esters (lactones) is 1. The molecule has 6 nitrogen and oxygen atoms in total. The van der Waals surface area contributed by atoms with Crippen LogP contribution in [0.2, 0.25) is 0 Å². The van der Waals surface area contributed by atoms with Crippen LogP contribution in [0.1, 0.15) is 33.1 Å². The predicted molar refractivity (Wildman–Crippen MR) is 111 cm³/mol. The second-order valence-corrected chi connectivity index (χ2v) is 9.17. The Morgan fingerprint density at radius 3 is 2.90 bits per heavy atom. The van der Waals surface area contributed by atoms with E-state index in [9.17, 15) is 14.3 Å². The molecule has 7 heteroatoms. The van der Waals surface area contributed by atoms with Crippen molar-refractivity contribution in [1.29, 1.82) is 0 Å². The maximum atomic E-state index is 14.7. The van der Waals surface area contributed by atoms with Crippen molar-refractivity contribution in [3.05, 3.63) is 57.1 Å². The number of nitrogens with one attached hydrogen (secondary N) is 1. The van der Waals surface area contributed by atoms with Crippen LogP contribution >= 0.6 is 0 Å². The van der Waals surface area contributed by atoms with Crippen LogP contribution in [0.15, 0.2) is 57.1 Å². The summed E-state index contributed by atoms with van der Waals surface area (Å²) in [4.78, 5) is 14.3. The quantitative estimate of drug-likeness (QED) is 0.522. The maximum absolute atomic E-state index is 14.7. The minimum Gasteiger partial charge on any atom is -0.459 e. The molecular formula is C24H27FN2O4. The highest BCUT2D eigenvalue weighted by Crippen LogP contribution is 2.50. The maximum Gasteiger partial charge on any atom is 0.340 e. The molecule has 6 aliphatic rings. The number of aliphatic hydroxyl groups excluding tert-OH is 1. The molecule has 0 radical (unpaired) electrons. The third-order valence-electron chi connectivity index (χ3n) is 7.74. The summed E-state index contributed by atoms with van der Waals surface area (Å²) in [5, 5.41) is 14.9. The molecule has 5 unspecified atom stereocenters. The van der Waals surface area contributed by atoms with Crippen molar-refractivity contribution < 1.29 is 23.8 Å². The van der Waals surface area contributed by atoms with Crippen LogP contribution < -0.4 is 5.32 Å². The Balaban J connectivity index is 1.45. The first-order valence-corrected chi connectivity index (χ1v) is 11.2. The van der Waals surface area contributed by atoms with Gasteiger partial charge in [-0.1, -0.05) is 11.1 Å². The van der Waals surface area contributed by atoms with Crippen LogP contribution in [0.4, 0.5) is 4.39 Å². The zero-order valence-electron chi connectivity index (χ0n) is 17.8. The molecule has 0 aromatic rings. The summed E-state index contributed by atoms with van der Waals surface area (Å²) in [6.07, 6.45) is 5.01. The Kier molecular flexibility index (Phi) is 4.32. The molecule has 2 fully saturated rings. The molecule has 6 rings (SSSR count). The summed E-state index contributed by atoms with van der Waals surface area (Å²) in [7, 11) is 0. The Labute approximate surface area is 180 Å². The molecule has 164 valence electrons. The summed E-state index contributed by atoms with van der Waals surface area (Å²) in [6.45, 7) is 4.81. The van der Waals surface area contributed by atoms with Gasteiger partial charge in [-0.2, -0.15) is 0 Å². The van der Waals surface area contributed by atoms with E-state index in [0.29, 0.717) is 24.3 Å². The first kappa shape index (κ1) is 19.5. The highest BCUT2D eigenvalue weighted by Gasteiger charge is 2.50. The number of ether oxygens (including phenoxy) is 2.